The van der Waals surface area contributed by atoms with Gasteiger partial charge in [0.1, 0.15) is 12.4 Å². The fraction of sp³-hybridized carbons (Fsp3) is 0.125. The zero-order chi connectivity index (χ0) is 29.1. The molecule has 0 saturated carbocycles. The topological polar surface area (TPSA) is 99.9 Å². The summed E-state index contributed by atoms with van der Waals surface area (Å²) in [6.07, 6.45) is 1.59. The number of amides is 1. The summed E-state index contributed by atoms with van der Waals surface area (Å²) in [6.45, 7) is 0.496. The summed E-state index contributed by atoms with van der Waals surface area (Å²) in [6, 6.07) is 32.8. The third-order valence-electron chi connectivity index (χ3n) is 6.15. The van der Waals surface area contributed by atoms with Gasteiger partial charge in [0.15, 0.2) is 22.5 Å². The van der Waals surface area contributed by atoms with Gasteiger partial charge in [0.05, 0.1) is 26.2 Å². The Bertz CT molecular complexity index is 1640. The second-order valence-corrected chi connectivity index (χ2v) is 9.91. The molecule has 0 atom stereocenters. The molecule has 9 nitrogen and oxygen atoms in total. The summed E-state index contributed by atoms with van der Waals surface area (Å²) in [5.41, 5.74) is 6.17. The molecule has 0 saturated heterocycles. The lowest BCUT2D eigenvalue weighted by atomic mass is 10.2. The van der Waals surface area contributed by atoms with Gasteiger partial charge in [-0.25, -0.2) is 5.43 Å². The van der Waals surface area contributed by atoms with Gasteiger partial charge in [0.25, 0.3) is 5.91 Å². The Morgan fingerprint density at radius 3 is 2.31 bits per heavy atom. The van der Waals surface area contributed by atoms with Crippen molar-refractivity contribution in [1.29, 1.82) is 0 Å². The number of aromatic nitrogens is 3. The standard InChI is InChI=1S/C32H29N5O4S/c1-39-28-18-15-25(19-29(28)40-2)31-35-36-32(37(31)26-11-7-4-8-12-26)42-22-30(38)34-33-20-23-13-16-27(17-14-23)41-21-24-9-5-3-6-10-24/h3-20H,21-22H2,1-2H3,(H,34,38)/b33-20-. The van der Waals surface area contributed by atoms with Crippen LogP contribution in [0.4, 0.5) is 0 Å². The van der Waals surface area contributed by atoms with Gasteiger partial charge in [-0.2, -0.15) is 5.10 Å². The van der Waals surface area contributed by atoms with E-state index < -0.39 is 0 Å². The number of hydrogen-bond donors (Lipinski definition) is 1. The lowest BCUT2D eigenvalue weighted by molar-refractivity contribution is -0.118. The van der Waals surface area contributed by atoms with Gasteiger partial charge in [-0.3, -0.25) is 9.36 Å². The van der Waals surface area contributed by atoms with Crippen LogP contribution in [0.5, 0.6) is 17.2 Å². The van der Waals surface area contributed by atoms with Gasteiger partial charge in [0.2, 0.25) is 0 Å². The second kappa shape index (κ2) is 14.0. The molecule has 0 bridgehead atoms. The van der Waals surface area contributed by atoms with E-state index in [9.17, 15) is 4.79 Å². The highest BCUT2D eigenvalue weighted by Gasteiger charge is 2.18. The zero-order valence-electron chi connectivity index (χ0n) is 23.1. The van der Waals surface area contributed by atoms with Crippen LogP contribution in [0, 0.1) is 0 Å². The van der Waals surface area contributed by atoms with Crippen LogP contribution >= 0.6 is 11.8 Å². The van der Waals surface area contributed by atoms with Crippen molar-refractivity contribution in [2.45, 2.75) is 11.8 Å². The molecule has 0 aliphatic heterocycles. The largest absolute Gasteiger partial charge is 0.493 e. The number of carbonyl (C=O) groups is 1. The highest BCUT2D eigenvalue weighted by atomic mass is 32.2. The average molecular weight is 580 g/mol. The number of thioether (sulfide) groups is 1. The molecule has 212 valence electrons. The highest BCUT2D eigenvalue weighted by molar-refractivity contribution is 7.99. The molecule has 0 aliphatic rings. The predicted molar refractivity (Wildman–Crippen MR) is 164 cm³/mol. The SMILES string of the molecule is COc1ccc(-c2nnc(SCC(=O)N/N=C\c3ccc(OCc4ccccc4)cc3)n2-c2ccccc2)cc1OC. The van der Waals surface area contributed by atoms with Gasteiger partial charge in [-0.1, -0.05) is 60.3 Å². The van der Waals surface area contributed by atoms with E-state index in [0.717, 1.165) is 28.1 Å². The van der Waals surface area contributed by atoms with Crippen molar-refractivity contribution in [3.05, 3.63) is 114 Å². The maximum atomic E-state index is 12.6. The quantitative estimate of drug-likeness (QED) is 0.114. The Balaban J connectivity index is 1.21. The lowest BCUT2D eigenvalue weighted by Crippen LogP contribution is -2.20. The van der Waals surface area contributed by atoms with E-state index in [1.807, 2.05) is 108 Å². The summed E-state index contributed by atoms with van der Waals surface area (Å²) in [4.78, 5) is 12.6. The van der Waals surface area contributed by atoms with E-state index in [4.69, 9.17) is 14.2 Å². The molecule has 0 fully saturated rings. The molecule has 1 aromatic heterocycles. The number of hydrazone groups is 1. The van der Waals surface area contributed by atoms with E-state index in [1.54, 1.807) is 20.4 Å². The first-order valence-electron chi connectivity index (χ1n) is 13.1. The van der Waals surface area contributed by atoms with Crippen LogP contribution in [0.3, 0.4) is 0 Å². The van der Waals surface area contributed by atoms with Crippen LogP contribution in [-0.2, 0) is 11.4 Å². The molecule has 10 heteroatoms. The number of methoxy groups -OCH3 is 2. The number of ether oxygens (including phenoxy) is 3. The average Bonchev–Trinajstić information content (AvgIpc) is 3.48. The first kappa shape index (κ1) is 28.4. The molecule has 1 N–H and O–H groups in total. The van der Waals surface area contributed by atoms with Crippen molar-refractivity contribution in [1.82, 2.24) is 20.2 Å². The Kier molecular flexibility index (Phi) is 9.48. The van der Waals surface area contributed by atoms with Crippen molar-refractivity contribution in [2.75, 3.05) is 20.0 Å². The summed E-state index contributed by atoms with van der Waals surface area (Å²) < 4.78 is 18.6. The van der Waals surface area contributed by atoms with Crippen molar-refractivity contribution in [3.63, 3.8) is 0 Å². The van der Waals surface area contributed by atoms with Crippen LogP contribution in [0.15, 0.2) is 113 Å². The van der Waals surface area contributed by atoms with E-state index in [0.29, 0.717) is 29.1 Å². The third kappa shape index (κ3) is 7.15. The Morgan fingerprint density at radius 1 is 0.881 bits per heavy atom. The maximum Gasteiger partial charge on any atom is 0.250 e. The van der Waals surface area contributed by atoms with Crippen LogP contribution in [0.25, 0.3) is 17.1 Å². The lowest BCUT2D eigenvalue weighted by Gasteiger charge is -2.12. The molecule has 1 amide bonds. The molecule has 0 spiro atoms. The first-order valence-corrected chi connectivity index (χ1v) is 14.1. The number of nitrogens with zero attached hydrogens (tertiary/aromatic N) is 4. The van der Waals surface area contributed by atoms with Crippen molar-refractivity contribution in [2.24, 2.45) is 5.10 Å². The summed E-state index contributed by atoms with van der Waals surface area (Å²) in [5.74, 6) is 2.39. The molecular formula is C32H29N5O4S. The Labute approximate surface area is 248 Å². The molecule has 42 heavy (non-hydrogen) atoms. The Hall–Kier alpha value is -5.09. The number of carbonyl (C=O) groups excluding carboxylic acids is 1. The van der Waals surface area contributed by atoms with E-state index >= 15 is 0 Å². The number of hydrogen-bond acceptors (Lipinski definition) is 8. The van der Waals surface area contributed by atoms with Crippen LogP contribution in [0.1, 0.15) is 11.1 Å². The minimum Gasteiger partial charge on any atom is -0.493 e. The van der Waals surface area contributed by atoms with E-state index in [1.165, 1.54) is 11.8 Å². The zero-order valence-corrected chi connectivity index (χ0v) is 24.0. The van der Waals surface area contributed by atoms with Gasteiger partial charge < -0.3 is 14.2 Å². The molecule has 0 radical (unpaired) electrons. The smallest absolute Gasteiger partial charge is 0.250 e. The molecular weight excluding hydrogens is 550 g/mol. The molecule has 0 unspecified atom stereocenters. The monoisotopic (exact) mass is 579 g/mol. The van der Waals surface area contributed by atoms with Gasteiger partial charge in [0, 0.05) is 11.3 Å². The fourth-order valence-corrected chi connectivity index (χ4v) is 4.81. The number of rotatable bonds is 12. The number of benzene rings is 4. The number of para-hydroxylation sites is 1. The first-order chi connectivity index (χ1) is 20.6. The minimum atomic E-state index is -0.269. The van der Waals surface area contributed by atoms with Crippen LogP contribution in [0.2, 0.25) is 0 Å². The third-order valence-corrected chi connectivity index (χ3v) is 7.08. The van der Waals surface area contributed by atoms with Gasteiger partial charge >= 0.3 is 0 Å². The molecule has 5 aromatic rings. The minimum absolute atomic E-state index is 0.0977. The molecule has 0 aliphatic carbocycles. The van der Waals surface area contributed by atoms with Crippen molar-refractivity contribution < 1.29 is 19.0 Å². The van der Waals surface area contributed by atoms with E-state index in [-0.39, 0.29) is 11.7 Å². The van der Waals surface area contributed by atoms with Gasteiger partial charge in [-0.05, 0) is 65.7 Å². The maximum absolute atomic E-state index is 12.6. The van der Waals surface area contributed by atoms with Gasteiger partial charge in [-0.15, -0.1) is 10.2 Å². The predicted octanol–water partition coefficient (Wildman–Crippen LogP) is 5.77. The van der Waals surface area contributed by atoms with Crippen LogP contribution < -0.4 is 19.6 Å². The second-order valence-electron chi connectivity index (χ2n) is 8.97. The molecule has 5 rings (SSSR count). The Morgan fingerprint density at radius 2 is 1.60 bits per heavy atom. The number of nitrogens with one attached hydrogen (secondary N) is 1. The van der Waals surface area contributed by atoms with E-state index in [2.05, 4.69) is 20.7 Å². The highest BCUT2D eigenvalue weighted by Crippen LogP contribution is 2.34. The fourth-order valence-electron chi connectivity index (χ4n) is 4.07. The molecule has 4 aromatic carbocycles. The normalized spacial score (nSPS) is 10.9. The summed E-state index contributed by atoms with van der Waals surface area (Å²) in [5, 5.41) is 13.5. The van der Waals surface area contributed by atoms with Crippen molar-refractivity contribution in [3.8, 4) is 34.3 Å². The molecule has 1 heterocycles. The summed E-state index contributed by atoms with van der Waals surface area (Å²) >= 11 is 1.27. The van der Waals surface area contributed by atoms with Crippen LogP contribution in [-0.4, -0.2) is 46.9 Å². The summed E-state index contributed by atoms with van der Waals surface area (Å²) in [7, 11) is 3.18. The van der Waals surface area contributed by atoms with Crippen molar-refractivity contribution >= 4 is 23.9 Å².